The zero-order chi connectivity index (χ0) is 18.0. The Hall–Kier alpha value is -3.19. The molecule has 0 aliphatic rings. The third-order valence-corrected chi connectivity index (χ3v) is 4.55. The molecule has 3 aromatic rings. The lowest BCUT2D eigenvalue weighted by Crippen LogP contribution is -2.23. The summed E-state index contributed by atoms with van der Waals surface area (Å²) in [5.74, 6) is -2.12. The van der Waals surface area contributed by atoms with Crippen molar-refractivity contribution in [3.8, 4) is 16.5 Å². The molecule has 0 spiro atoms. The molecule has 2 heterocycles. The minimum Gasteiger partial charge on any atom is -0.501 e. The largest absolute Gasteiger partial charge is 0.501 e. The summed E-state index contributed by atoms with van der Waals surface area (Å²) in [5, 5.41) is 20.7. The number of carboxylic acid groups (broad SMARTS) is 1. The van der Waals surface area contributed by atoms with E-state index >= 15 is 0 Å². The Labute approximate surface area is 147 Å². The Kier molecular flexibility index (Phi) is 4.49. The van der Waals surface area contributed by atoms with Crippen molar-refractivity contribution in [2.75, 3.05) is 0 Å². The first kappa shape index (κ1) is 16.7. The fraction of sp³-hybridized carbons (Fsp3) is 0.0556. The summed E-state index contributed by atoms with van der Waals surface area (Å²) in [4.78, 5) is 27.9. The predicted octanol–water partition coefficient (Wildman–Crippen LogP) is 3.08. The molecular formula is C18H14N2O4S. The molecule has 0 bridgehead atoms. The van der Waals surface area contributed by atoms with Gasteiger partial charge in [0.2, 0.25) is 5.75 Å². The highest BCUT2D eigenvalue weighted by Gasteiger charge is 2.21. The average Bonchev–Trinajstić information content (AvgIpc) is 3.07. The number of thiophene rings is 1. The molecule has 6 nitrogen and oxygen atoms in total. The molecule has 3 rings (SSSR count). The number of benzene rings is 1. The molecule has 1 aromatic carbocycles. The van der Waals surface area contributed by atoms with Crippen LogP contribution >= 0.6 is 11.3 Å². The van der Waals surface area contributed by atoms with E-state index in [9.17, 15) is 14.7 Å². The number of aromatic hydroxyl groups is 1. The van der Waals surface area contributed by atoms with Crippen LogP contribution < -0.4 is 5.56 Å². The third kappa shape index (κ3) is 3.22. The summed E-state index contributed by atoms with van der Waals surface area (Å²) in [6, 6.07) is 11.6. The van der Waals surface area contributed by atoms with Crippen LogP contribution in [0.4, 0.5) is 0 Å². The molecule has 25 heavy (non-hydrogen) atoms. The van der Waals surface area contributed by atoms with E-state index in [1.54, 1.807) is 0 Å². The third-order valence-electron chi connectivity index (χ3n) is 3.62. The van der Waals surface area contributed by atoms with Crippen LogP contribution in [-0.4, -0.2) is 25.7 Å². The minimum absolute atomic E-state index is 0.197. The second kappa shape index (κ2) is 6.74. The van der Waals surface area contributed by atoms with E-state index in [4.69, 9.17) is 5.11 Å². The molecule has 7 heteroatoms. The molecule has 0 atom stereocenters. The molecule has 0 amide bonds. The molecule has 0 saturated carbocycles. The van der Waals surface area contributed by atoms with E-state index < -0.39 is 23.0 Å². The first-order valence-corrected chi connectivity index (χ1v) is 8.21. The molecule has 126 valence electrons. The molecule has 2 N–H and O–H groups in total. The Morgan fingerprint density at radius 3 is 2.60 bits per heavy atom. The van der Waals surface area contributed by atoms with Gasteiger partial charge in [0.25, 0.3) is 5.56 Å². The number of aromatic nitrogens is 2. The van der Waals surface area contributed by atoms with Gasteiger partial charge in [0, 0.05) is 7.05 Å². The van der Waals surface area contributed by atoms with Crippen molar-refractivity contribution in [2.24, 2.45) is 7.05 Å². The fourth-order valence-electron chi connectivity index (χ4n) is 2.32. The standard InChI is InChI=1S/C18H14N2O4S/c1-20-16(19-13(18(23)24)14(21)17(20)22)15-12(9-10-25-15)8-7-11-5-3-2-4-6-11/h2-10,21H,1H3,(H,23,24). The maximum absolute atomic E-state index is 12.1. The Bertz CT molecular complexity index is 1020. The molecule has 0 radical (unpaired) electrons. The topological polar surface area (TPSA) is 92.4 Å². The van der Waals surface area contributed by atoms with Gasteiger partial charge in [-0.15, -0.1) is 11.3 Å². The van der Waals surface area contributed by atoms with Gasteiger partial charge < -0.3 is 10.2 Å². The van der Waals surface area contributed by atoms with Crippen molar-refractivity contribution in [3.05, 3.63) is 69.0 Å². The van der Waals surface area contributed by atoms with Crippen molar-refractivity contribution in [1.82, 2.24) is 9.55 Å². The minimum atomic E-state index is -1.45. The lowest BCUT2D eigenvalue weighted by Gasteiger charge is -2.09. The van der Waals surface area contributed by atoms with Crippen LogP contribution in [0.15, 0.2) is 46.6 Å². The molecule has 0 saturated heterocycles. The van der Waals surface area contributed by atoms with Crippen LogP contribution in [0.3, 0.4) is 0 Å². The molecule has 0 aliphatic carbocycles. The van der Waals surface area contributed by atoms with Crippen LogP contribution in [0, 0.1) is 0 Å². The summed E-state index contributed by atoms with van der Waals surface area (Å²) in [5.41, 5.74) is 0.370. The summed E-state index contributed by atoms with van der Waals surface area (Å²) >= 11 is 1.34. The van der Waals surface area contributed by atoms with Crippen molar-refractivity contribution in [2.45, 2.75) is 0 Å². The zero-order valence-electron chi connectivity index (χ0n) is 13.2. The number of carbonyl (C=O) groups is 1. The molecule has 2 aromatic heterocycles. The van der Waals surface area contributed by atoms with Crippen LogP contribution in [0.1, 0.15) is 21.6 Å². The lowest BCUT2D eigenvalue weighted by atomic mass is 10.1. The SMILES string of the molecule is Cn1c(-c2sccc2C=Cc2ccccc2)nc(C(=O)O)c(O)c1=O. The van der Waals surface area contributed by atoms with Crippen LogP contribution in [-0.2, 0) is 7.05 Å². The Balaban J connectivity index is 2.10. The van der Waals surface area contributed by atoms with Crippen LogP contribution in [0.2, 0.25) is 0 Å². The van der Waals surface area contributed by atoms with Crippen LogP contribution in [0.25, 0.3) is 22.9 Å². The van der Waals surface area contributed by atoms with Gasteiger partial charge in [-0.25, -0.2) is 9.78 Å². The van der Waals surface area contributed by atoms with Crippen molar-refractivity contribution >= 4 is 29.5 Å². The normalized spacial score (nSPS) is 11.1. The number of hydrogen-bond acceptors (Lipinski definition) is 5. The number of nitrogens with zero attached hydrogens (tertiary/aromatic N) is 2. The first-order valence-electron chi connectivity index (χ1n) is 7.33. The maximum Gasteiger partial charge on any atom is 0.358 e. The van der Waals surface area contributed by atoms with E-state index in [0.29, 0.717) is 4.88 Å². The van der Waals surface area contributed by atoms with Gasteiger partial charge in [0.05, 0.1) is 4.88 Å². The Morgan fingerprint density at radius 2 is 1.92 bits per heavy atom. The van der Waals surface area contributed by atoms with Crippen molar-refractivity contribution in [1.29, 1.82) is 0 Å². The zero-order valence-corrected chi connectivity index (χ0v) is 14.0. The second-order valence-electron chi connectivity index (χ2n) is 5.25. The Morgan fingerprint density at radius 1 is 1.20 bits per heavy atom. The highest BCUT2D eigenvalue weighted by molar-refractivity contribution is 7.13. The highest BCUT2D eigenvalue weighted by atomic mass is 32.1. The van der Waals surface area contributed by atoms with E-state index in [1.807, 2.05) is 53.9 Å². The summed E-state index contributed by atoms with van der Waals surface area (Å²) < 4.78 is 1.15. The summed E-state index contributed by atoms with van der Waals surface area (Å²) in [6.07, 6.45) is 3.79. The van der Waals surface area contributed by atoms with E-state index in [-0.39, 0.29) is 5.82 Å². The number of aromatic carboxylic acids is 1. The lowest BCUT2D eigenvalue weighted by molar-refractivity contribution is 0.0686. The highest BCUT2D eigenvalue weighted by Crippen LogP contribution is 2.30. The van der Waals surface area contributed by atoms with Crippen molar-refractivity contribution in [3.63, 3.8) is 0 Å². The molecule has 0 unspecified atom stereocenters. The summed E-state index contributed by atoms with van der Waals surface area (Å²) in [7, 11) is 1.44. The number of rotatable bonds is 4. The predicted molar refractivity (Wildman–Crippen MR) is 96.8 cm³/mol. The maximum atomic E-state index is 12.1. The first-order chi connectivity index (χ1) is 12.0. The van der Waals surface area contributed by atoms with Gasteiger partial charge in [0.15, 0.2) is 11.5 Å². The van der Waals surface area contributed by atoms with Gasteiger partial charge in [-0.05, 0) is 22.6 Å². The van der Waals surface area contributed by atoms with Gasteiger partial charge in [-0.2, -0.15) is 0 Å². The monoisotopic (exact) mass is 354 g/mol. The van der Waals surface area contributed by atoms with Crippen molar-refractivity contribution < 1.29 is 15.0 Å². The van der Waals surface area contributed by atoms with E-state index in [1.165, 1.54) is 18.4 Å². The number of carboxylic acids is 1. The van der Waals surface area contributed by atoms with Gasteiger partial charge >= 0.3 is 5.97 Å². The fourth-order valence-corrected chi connectivity index (χ4v) is 3.24. The smallest absolute Gasteiger partial charge is 0.358 e. The quantitative estimate of drug-likeness (QED) is 0.751. The average molecular weight is 354 g/mol. The van der Waals surface area contributed by atoms with Crippen LogP contribution in [0.5, 0.6) is 5.75 Å². The van der Waals surface area contributed by atoms with Gasteiger partial charge in [0.1, 0.15) is 0 Å². The van der Waals surface area contributed by atoms with E-state index in [2.05, 4.69) is 4.98 Å². The van der Waals surface area contributed by atoms with Gasteiger partial charge in [-0.1, -0.05) is 42.5 Å². The molecule has 0 fully saturated rings. The second-order valence-corrected chi connectivity index (χ2v) is 6.17. The molecule has 0 aliphatic heterocycles. The number of hydrogen-bond donors (Lipinski definition) is 2. The summed E-state index contributed by atoms with van der Waals surface area (Å²) in [6.45, 7) is 0. The van der Waals surface area contributed by atoms with E-state index in [0.717, 1.165) is 15.7 Å². The molecular weight excluding hydrogens is 340 g/mol. The van der Waals surface area contributed by atoms with Gasteiger partial charge in [-0.3, -0.25) is 9.36 Å².